The number of hydrogen-bond donors (Lipinski definition) is 0. The summed E-state index contributed by atoms with van der Waals surface area (Å²) in [6.07, 6.45) is -2.58. The van der Waals surface area contributed by atoms with Gasteiger partial charge in [-0.25, -0.2) is 4.98 Å². The Morgan fingerprint density at radius 3 is 2.50 bits per heavy atom. The Balaban J connectivity index is 1.84. The lowest BCUT2D eigenvalue weighted by Crippen LogP contribution is -2.20. The van der Waals surface area contributed by atoms with Crippen molar-refractivity contribution in [1.82, 2.24) is 9.32 Å². The molecule has 0 saturated heterocycles. The van der Waals surface area contributed by atoms with Crippen LogP contribution in [0, 0.1) is 0 Å². The summed E-state index contributed by atoms with van der Waals surface area (Å²) in [5.41, 5.74) is 2.89. The maximum atomic E-state index is 6.48. The van der Waals surface area contributed by atoms with Gasteiger partial charge >= 0.3 is 0 Å². The number of fused-ring (bicyclic) bond motifs is 5. The molecule has 1 aliphatic rings. The third-order valence-corrected chi connectivity index (χ3v) is 8.22. The van der Waals surface area contributed by atoms with Crippen molar-refractivity contribution in [2.24, 2.45) is 0 Å². The molecular weight excluding hydrogens is 363 g/mol. The van der Waals surface area contributed by atoms with Crippen molar-refractivity contribution in [1.29, 1.82) is 0 Å². The maximum Gasteiger partial charge on any atom is 0.240 e. The highest BCUT2D eigenvalue weighted by Gasteiger charge is 2.35. The molecule has 1 atom stereocenters. The molecule has 0 spiro atoms. The third-order valence-electron chi connectivity index (χ3n) is 4.55. The number of ether oxygens (including phenoxy) is 1. The molecule has 0 aliphatic carbocycles. The van der Waals surface area contributed by atoms with Crippen LogP contribution in [0.25, 0.3) is 22.4 Å². The lowest BCUT2D eigenvalue weighted by atomic mass is 10.2. The maximum absolute atomic E-state index is 6.48. The van der Waals surface area contributed by atoms with Gasteiger partial charge in [0, 0.05) is 5.30 Å². The Morgan fingerprint density at radius 1 is 0.962 bits per heavy atom. The second-order valence-corrected chi connectivity index (χ2v) is 9.67. The van der Waals surface area contributed by atoms with E-state index < -0.39 is 6.42 Å². The monoisotopic (exact) mass is 378 g/mol. The van der Waals surface area contributed by atoms with Gasteiger partial charge in [-0.15, -0.1) is 0 Å². The lowest BCUT2D eigenvalue weighted by Gasteiger charge is -2.31. The Hall–Kier alpha value is -2.62. The van der Waals surface area contributed by atoms with Crippen LogP contribution in [-0.2, 0) is 11.8 Å². The van der Waals surface area contributed by atoms with E-state index in [4.69, 9.17) is 26.1 Å². The molecule has 0 bridgehead atoms. The summed E-state index contributed by atoms with van der Waals surface area (Å²) in [4.78, 5) is 4.87. The molecule has 0 radical (unpaired) electrons. The van der Waals surface area contributed by atoms with Crippen molar-refractivity contribution < 1.29 is 9.26 Å². The first kappa shape index (κ1) is 15.6. The first-order valence-electron chi connectivity index (χ1n) is 8.23. The van der Waals surface area contributed by atoms with E-state index in [9.17, 15) is 0 Å². The molecule has 1 aliphatic heterocycles. The van der Waals surface area contributed by atoms with Crippen LogP contribution in [0.4, 0.5) is 0 Å². The van der Waals surface area contributed by atoms with E-state index in [1.54, 1.807) is 7.11 Å². The molecule has 0 fully saturated rings. The molecule has 0 amide bonds. The fourth-order valence-corrected chi connectivity index (χ4v) is 6.62. The zero-order valence-corrected chi connectivity index (χ0v) is 15.7. The number of imidazole rings is 1. The predicted octanol–water partition coefficient (Wildman–Crippen LogP) is 4.59. The van der Waals surface area contributed by atoms with E-state index in [2.05, 4.69) is 4.34 Å². The summed E-state index contributed by atoms with van der Waals surface area (Å²) in [6.45, 7) is 0. The quantitative estimate of drug-likeness (QED) is 0.478. The van der Waals surface area contributed by atoms with E-state index in [1.165, 1.54) is 0 Å². The first-order chi connectivity index (χ1) is 12.7. The summed E-state index contributed by atoms with van der Waals surface area (Å²) in [5, 5.41) is 0.965. The third kappa shape index (κ3) is 2.14. The van der Waals surface area contributed by atoms with Gasteiger partial charge in [-0.1, -0.05) is 24.3 Å². The van der Waals surface area contributed by atoms with Crippen LogP contribution in [0.1, 0.15) is 0 Å². The van der Waals surface area contributed by atoms with Gasteiger partial charge < -0.3 is 9.26 Å². The van der Waals surface area contributed by atoms with Crippen molar-refractivity contribution in [3.8, 4) is 22.9 Å². The molecule has 1 unspecified atom stereocenters. The standard InChI is InChI=1S/C20H15N2O2PS/c1-23-14-10-12-15(13-11-14)25(26)22-18-8-4-3-7-17(18)21-20(22)16-6-2-5-9-19(16)24-25/h2-13H,1H3. The summed E-state index contributed by atoms with van der Waals surface area (Å²) >= 11 is 6.18. The van der Waals surface area contributed by atoms with E-state index in [-0.39, 0.29) is 0 Å². The minimum atomic E-state index is -2.58. The molecule has 26 heavy (non-hydrogen) atoms. The number of methoxy groups -OCH3 is 1. The van der Waals surface area contributed by atoms with Gasteiger partial charge in [0.25, 0.3) is 0 Å². The molecule has 128 valence electrons. The molecule has 0 N–H and O–H groups in total. The van der Waals surface area contributed by atoms with Gasteiger partial charge in [-0.3, -0.25) is 4.34 Å². The molecule has 3 aromatic carbocycles. The summed E-state index contributed by atoms with van der Waals surface area (Å²) in [7, 11) is 1.66. The second kappa shape index (κ2) is 5.70. The van der Waals surface area contributed by atoms with Gasteiger partial charge in [-0.05, 0) is 60.3 Å². The zero-order chi connectivity index (χ0) is 17.7. The smallest absolute Gasteiger partial charge is 0.240 e. The van der Waals surface area contributed by atoms with E-state index >= 15 is 0 Å². The lowest BCUT2D eigenvalue weighted by molar-refractivity contribution is 0.415. The fourth-order valence-electron chi connectivity index (χ4n) is 3.30. The van der Waals surface area contributed by atoms with E-state index in [0.717, 1.165) is 39.2 Å². The van der Waals surface area contributed by atoms with Crippen LogP contribution in [0.15, 0.2) is 72.8 Å². The summed E-state index contributed by atoms with van der Waals surface area (Å²) < 4.78 is 13.9. The van der Waals surface area contributed by atoms with Crippen molar-refractivity contribution in [3.05, 3.63) is 72.8 Å². The molecule has 0 saturated carbocycles. The van der Waals surface area contributed by atoms with Crippen LogP contribution in [0.5, 0.6) is 11.5 Å². The average Bonchev–Trinajstić information content (AvgIpc) is 3.09. The highest BCUT2D eigenvalue weighted by Crippen LogP contribution is 2.57. The predicted molar refractivity (Wildman–Crippen MR) is 108 cm³/mol. The second-order valence-electron chi connectivity index (χ2n) is 6.04. The Labute approximate surface area is 156 Å². The average molecular weight is 378 g/mol. The highest BCUT2D eigenvalue weighted by molar-refractivity contribution is 8.15. The number of nitrogens with zero attached hydrogens (tertiary/aromatic N) is 2. The number of hydrogen-bond acceptors (Lipinski definition) is 4. The summed E-state index contributed by atoms with van der Waals surface area (Å²) in [5.74, 6) is 2.45. The number of rotatable bonds is 2. The van der Waals surface area contributed by atoms with Gasteiger partial charge in [0.05, 0.1) is 23.7 Å². The number of aromatic nitrogens is 2. The molecule has 5 rings (SSSR count). The Kier molecular flexibility index (Phi) is 3.42. The Morgan fingerprint density at radius 2 is 1.69 bits per heavy atom. The van der Waals surface area contributed by atoms with Gasteiger partial charge in [0.1, 0.15) is 11.5 Å². The van der Waals surface area contributed by atoms with Gasteiger partial charge in [-0.2, -0.15) is 0 Å². The van der Waals surface area contributed by atoms with Crippen molar-refractivity contribution >= 4 is 34.6 Å². The highest BCUT2D eigenvalue weighted by atomic mass is 32.4. The van der Waals surface area contributed by atoms with Crippen molar-refractivity contribution in [3.63, 3.8) is 0 Å². The molecule has 2 heterocycles. The van der Waals surface area contributed by atoms with Crippen molar-refractivity contribution in [2.75, 3.05) is 7.11 Å². The first-order valence-corrected chi connectivity index (χ1v) is 10.9. The Bertz CT molecular complexity index is 1180. The van der Waals surface area contributed by atoms with Crippen molar-refractivity contribution in [2.45, 2.75) is 0 Å². The normalized spacial score (nSPS) is 18.0. The number of benzene rings is 3. The molecular formula is C20H15N2O2PS. The minimum Gasteiger partial charge on any atom is -0.497 e. The molecule has 4 aromatic rings. The zero-order valence-electron chi connectivity index (χ0n) is 14.0. The SMILES string of the molecule is COc1ccc(P2(=S)Oc3ccccc3-c3nc4ccccc4n32)cc1. The minimum absolute atomic E-state index is 0.787. The topological polar surface area (TPSA) is 36.3 Å². The molecule has 1 aromatic heterocycles. The fraction of sp³-hybridized carbons (Fsp3) is 0.0500. The van der Waals surface area contributed by atoms with Crippen LogP contribution in [0.2, 0.25) is 0 Å². The molecule has 4 nitrogen and oxygen atoms in total. The van der Waals surface area contributed by atoms with Crippen LogP contribution >= 0.6 is 6.42 Å². The van der Waals surface area contributed by atoms with Gasteiger partial charge in [0.15, 0.2) is 5.82 Å². The largest absolute Gasteiger partial charge is 0.497 e. The summed E-state index contributed by atoms with van der Waals surface area (Å²) in [6, 6.07) is 23.8. The van der Waals surface area contributed by atoms with Gasteiger partial charge in [0.2, 0.25) is 6.42 Å². The van der Waals surface area contributed by atoms with Crippen LogP contribution < -0.4 is 14.6 Å². The number of para-hydroxylation sites is 3. The van der Waals surface area contributed by atoms with E-state index in [0.29, 0.717) is 0 Å². The van der Waals surface area contributed by atoms with Crippen LogP contribution in [-0.4, -0.2) is 16.4 Å². The van der Waals surface area contributed by atoms with E-state index in [1.807, 2.05) is 72.8 Å². The van der Waals surface area contributed by atoms with Crippen LogP contribution in [0.3, 0.4) is 0 Å². The molecule has 6 heteroatoms.